The van der Waals surface area contributed by atoms with Gasteiger partial charge in [-0.1, -0.05) is 188 Å². The molecule has 0 radical (unpaired) electrons. The molecule has 2 aromatic heterocycles. The Bertz CT molecular complexity index is 4240. The number of rotatable bonds is 6. The van der Waals surface area contributed by atoms with Crippen molar-refractivity contribution in [3.05, 3.63) is 241 Å². The van der Waals surface area contributed by atoms with E-state index in [1.807, 2.05) is 18.2 Å². The van der Waals surface area contributed by atoms with Gasteiger partial charge in [0.25, 0.3) is 0 Å². The summed E-state index contributed by atoms with van der Waals surface area (Å²) in [6.45, 7) is 0. The summed E-state index contributed by atoms with van der Waals surface area (Å²) in [6.07, 6.45) is -0.509. The van der Waals surface area contributed by atoms with Gasteiger partial charge in [0, 0.05) is 38.2 Å². The van der Waals surface area contributed by atoms with Crippen LogP contribution in [0.25, 0.3) is 110 Å². The van der Waals surface area contributed by atoms with Crippen molar-refractivity contribution in [1.29, 1.82) is 0 Å². The number of benzene rings is 11. The Morgan fingerprint density at radius 1 is 0.309 bits per heavy atom. The van der Waals surface area contributed by atoms with E-state index in [4.69, 9.17) is 18.8 Å². The second-order valence-corrected chi connectivity index (χ2v) is 17.6. The highest BCUT2D eigenvalue weighted by molar-refractivity contribution is 6.19. The van der Waals surface area contributed by atoms with Crippen molar-refractivity contribution in [2.24, 2.45) is 9.98 Å². The van der Waals surface area contributed by atoms with Gasteiger partial charge in [0.05, 0.1) is 0 Å². The highest BCUT2D eigenvalue weighted by atomic mass is 16.3. The number of nitrogens with one attached hydrogen (secondary N) is 1. The fourth-order valence-electron chi connectivity index (χ4n) is 10.5. The largest absolute Gasteiger partial charge is 0.456 e. The van der Waals surface area contributed by atoms with E-state index in [0.717, 1.165) is 116 Å². The maximum Gasteiger partial charge on any atom is 0.170 e. The number of nitrogens with zero attached hydrogens (tertiary/aromatic N) is 2. The minimum Gasteiger partial charge on any atom is -0.456 e. The zero-order valence-electron chi connectivity index (χ0n) is 36.7. The van der Waals surface area contributed by atoms with Crippen LogP contribution >= 0.6 is 0 Å². The van der Waals surface area contributed by atoms with Gasteiger partial charge in [0.2, 0.25) is 0 Å². The minimum atomic E-state index is -0.509. The summed E-state index contributed by atoms with van der Waals surface area (Å²) < 4.78 is 13.0. The second kappa shape index (κ2) is 15.3. The lowest BCUT2D eigenvalue weighted by molar-refractivity contribution is 0.668. The molecule has 0 saturated heterocycles. The molecule has 0 bridgehead atoms. The highest BCUT2D eigenvalue weighted by Gasteiger charge is 2.25. The molecule has 5 heteroatoms. The summed E-state index contributed by atoms with van der Waals surface area (Å²) in [7, 11) is 0. The van der Waals surface area contributed by atoms with Gasteiger partial charge in [-0.3, -0.25) is 0 Å². The molecule has 0 amide bonds. The molecule has 0 saturated carbocycles. The van der Waals surface area contributed by atoms with Crippen LogP contribution in [0, 0.1) is 0 Å². The zero-order chi connectivity index (χ0) is 44.7. The molecule has 14 rings (SSSR count). The van der Waals surface area contributed by atoms with Gasteiger partial charge in [-0.05, 0) is 102 Å². The number of hydrogen-bond acceptors (Lipinski definition) is 5. The average Bonchev–Trinajstić information content (AvgIpc) is 3.99. The van der Waals surface area contributed by atoms with Crippen LogP contribution in [0.2, 0.25) is 0 Å². The summed E-state index contributed by atoms with van der Waals surface area (Å²) in [5.74, 6) is 1.56. The van der Waals surface area contributed by atoms with E-state index >= 15 is 0 Å². The maximum atomic E-state index is 6.71. The molecule has 1 atom stereocenters. The first-order chi connectivity index (χ1) is 33.7. The molecule has 0 spiro atoms. The summed E-state index contributed by atoms with van der Waals surface area (Å²) >= 11 is 0. The van der Waals surface area contributed by atoms with Crippen molar-refractivity contribution in [3.8, 4) is 33.4 Å². The molecule has 0 fully saturated rings. The van der Waals surface area contributed by atoms with Crippen LogP contribution in [-0.2, 0) is 0 Å². The Morgan fingerprint density at radius 2 is 0.868 bits per heavy atom. The summed E-state index contributed by atoms with van der Waals surface area (Å²) in [5, 5.41) is 15.1. The van der Waals surface area contributed by atoms with Crippen LogP contribution in [0.4, 0.5) is 0 Å². The molecule has 1 aliphatic rings. The summed E-state index contributed by atoms with van der Waals surface area (Å²) in [5.41, 5.74) is 13.3. The smallest absolute Gasteiger partial charge is 0.170 e. The van der Waals surface area contributed by atoms with Crippen molar-refractivity contribution < 1.29 is 8.83 Å². The first-order valence-electron chi connectivity index (χ1n) is 23.1. The van der Waals surface area contributed by atoms with E-state index in [1.165, 1.54) is 21.7 Å². The lowest BCUT2D eigenvalue weighted by atomic mass is 9.91. The summed E-state index contributed by atoms with van der Waals surface area (Å²) in [4.78, 5) is 10.8. The molecule has 1 aliphatic heterocycles. The van der Waals surface area contributed by atoms with Crippen LogP contribution in [-0.4, -0.2) is 11.7 Å². The number of hydrogen-bond donors (Lipinski definition) is 1. The van der Waals surface area contributed by atoms with Gasteiger partial charge in [-0.2, -0.15) is 0 Å². The van der Waals surface area contributed by atoms with E-state index < -0.39 is 6.17 Å². The number of amidine groups is 2. The minimum absolute atomic E-state index is 0.509. The molecule has 5 nitrogen and oxygen atoms in total. The molecule has 11 aromatic carbocycles. The molecule has 13 aromatic rings. The Labute approximate surface area is 391 Å². The highest BCUT2D eigenvalue weighted by Crippen LogP contribution is 2.44. The van der Waals surface area contributed by atoms with E-state index in [-0.39, 0.29) is 0 Å². The number of furan rings is 2. The topological polar surface area (TPSA) is 63.0 Å². The normalized spacial score (nSPS) is 14.0. The SMILES string of the molecule is c1ccc2cc(C3=NC(c4ccc(-c5cccc6oc7cc(-c8cccc9oc%10ccccc%10c89)ccc7c56)c5ccccc45)N=C(c4ccc(-c5cccc6ccccc56)cc4)N3)ccc2c1. The van der Waals surface area contributed by atoms with Crippen LogP contribution in [0.15, 0.2) is 243 Å². The summed E-state index contributed by atoms with van der Waals surface area (Å²) in [6, 6.07) is 79.3. The number of aliphatic imine (C=N–C) groups is 2. The standard InChI is InChI=1S/C63H39N3O2/c1-2-14-42-36-44(31-26-38(42)12-1)62-64-61(41-29-27-40(28-30-41)46-20-9-15-39-13-3-4-16-45(39)46)65-63(66-62)52-35-34-50(48-17-5-6-18-49(48)52)51-22-11-25-57-60(51)54-33-32-43(37-58(54)68-57)47-21-10-24-56-59(47)53-19-7-8-23-55(53)67-56/h1-37,63H,(H,64,65,66). The van der Waals surface area contributed by atoms with Gasteiger partial charge in [-0.15, -0.1) is 0 Å². The van der Waals surface area contributed by atoms with Crippen molar-refractivity contribution in [1.82, 2.24) is 5.32 Å². The third kappa shape index (κ3) is 6.17. The van der Waals surface area contributed by atoms with Crippen molar-refractivity contribution >= 4 is 87.9 Å². The van der Waals surface area contributed by atoms with E-state index in [9.17, 15) is 0 Å². The molecule has 0 aliphatic carbocycles. The fraction of sp³-hybridized carbons (Fsp3) is 0.0159. The van der Waals surface area contributed by atoms with Crippen molar-refractivity contribution in [2.75, 3.05) is 0 Å². The monoisotopic (exact) mass is 869 g/mol. The predicted octanol–water partition coefficient (Wildman–Crippen LogP) is 16.4. The lowest BCUT2D eigenvalue weighted by Gasteiger charge is -2.24. The Morgan fingerprint density at radius 3 is 1.71 bits per heavy atom. The van der Waals surface area contributed by atoms with Crippen LogP contribution in [0.1, 0.15) is 22.9 Å². The first kappa shape index (κ1) is 38.2. The van der Waals surface area contributed by atoms with E-state index in [0.29, 0.717) is 0 Å². The molecular formula is C63H39N3O2. The maximum absolute atomic E-state index is 6.71. The number of para-hydroxylation sites is 1. The van der Waals surface area contributed by atoms with Crippen LogP contribution in [0.5, 0.6) is 0 Å². The predicted molar refractivity (Wildman–Crippen MR) is 282 cm³/mol. The number of fused-ring (bicyclic) bond motifs is 9. The molecule has 1 unspecified atom stereocenters. The zero-order valence-corrected chi connectivity index (χ0v) is 36.7. The molecular weight excluding hydrogens is 831 g/mol. The van der Waals surface area contributed by atoms with Crippen molar-refractivity contribution in [2.45, 2.75) is 6.17 Å². The van der Waals surface area contributed by atoms with Gasteiger partial charge < -0.3 is 14.2 Å². The molecule has 1 N–H and O–H groups in total. The molecule has 318 valence electrons. The molecule has 68 heavy (non-hydrogen) atoms. The van der Waals surface area contributed by atoms with Crippen LogP contribution < -0.4 is 5.32 Å². The Hall–Kier alpha value is -9.06. The lowest BCUT2D eigenvalue weighted by Crippen LogP contribution is -2.36. The van der Waals surface area contributed by atoms with Gasteiger partial charge in [0.1, 0.15) is 34.0 Å². The first-order valence-corrected chi connectivity index (χ1v) is 23.1. The van der Waals surface area contributed by atoms with Gasteiger partial charge >= 0.3 is 0 Å². The van der Waals surface area contributed by atoms with Crippen LogP contribution in [0.3, 0.4) is 0 Å². The van der Waals surface area contributed by atoms with Gasteiger partial charge in [0.15, 0.2) is 6.17 Å². The van der Waals surface area contributed by atoms with E-state index in [1.54, 1.807) is 0 Å². The quantitative estimate of drug-likeness (QED) is 0.181. The third-order valence-electron chi connectivity index (χ3n) is 13.8. The molecule has 3 heterocycles. The second-order valence-electron chi connectivity index (χ2n) is 17.6. The van der Waals surface area contributed by atoms with Gasteiger partial charge in [-0.25, -0.2) is 9.98 Å². The van der Waals surface area contributed by atoms with Crippen molar-refractivity contribution in [3.63, 3.8) is 0 Å². The van der Waals surface area contributed by atoms with E-state index in [2.05, 4.69) is 212 Å². The Balaban J connectivity index is 0.887. The fourth-order valence-corrected chi connectivity index (χ4v) is 10.5. The third-order valence-corrected chi connectivity index (χ3v) is 13.8. The Kier molecular flexibility index (Phi) is 8.58. The average molecular weight is 870 g/mol.